The molecule has 1 heterocycles. The van der Waals surface area contributed by atoms with Gasteiger partial charge in [-0.15, -0.1) is 0 Å². The maximum absolute atomic E-state index is 8.84. The Balaban J connectivity index is 2.99. The molecule has 0 spiro atoms. The molecule has 1 aromatic carbocycles. The summed E-state index contributed by atoms with van der Waals surface area (Å²) in [6.07, 6.45) is 0. The van der Waals surface area contributed by atoms with E-state index >= 15 is 0 Å². The lowest BCUT2D eigenvalue weighted by Crippen LogP contribution is -1.91. The van der Waals surface area contributed by atoms with Crippen molar-refractivity contribution in [1.82, 2.24) is 9.78 Å². The molecule has 0 fully saturated rings. The van der Waals surface area contributed by atoms with Gasteiger partial charge in [-0.2, -0.15) is 10.4 Å². The molecule has 0 saturated carbocycles. The van der Waals surface area contributed by atoms with Gasteiger partial charge in [-0.1, -0.05) is 17.7 Å². The first-order chi connectivity index (χ1) is 6.24. The van der Waals surface area contributed by atoms with Gasteiger partial charge in [0, 0.05) is 12.4 Å². The molecule has 0 aliphatic rings. The fourth-order valence-corrected chi connectivity index (χ4v) is 1.65. The van der Waals surface area contributed by atoms with Crippen molar-refractivity contribution in [3.05, 3.63) is 28.9 Å². The average molecular weight is 192 g/mol. The van der Waals surface area contributed by atoms with Crippen LogP contribution < -0.4 is 0 Å². The number of para-hydroxylation sites is 1. The van der Waals surface area contributed by atoms with Gasteiger partial charge in [0.05, 0.1) is 11.1 Å². The van der Waals surface area contributed by atoms with E-state index in [1.807, 2.05) is 6.07 Å². The number of benzene rings is 1. The molecule has 64 valence electrons. The topological polar surface area (TPSA) is 41.6 Å². The van der Waals surface area contributed by atoms with Crippen molar-refractivity contribution < 1.29 is 0 Å². The Hall–Kier alpha value is -1.53. The molecule has 13 heavy (non-hydrogen) atoms. The monoisotopic (exact) mass is 191 g/mol. The minimum absolute atomic E-state index is 0.439. The summed E-state index contributed by atoms with van der Waals surface area (Å²) in [5.41, 5.74) is 1.38. The van der Waals surface area contributed by atoms with E-state index in [4.69, 9.17) is 16.9 Å². The van der Waals surface area contributed by atoms with E-state index in [0.29, 0.717) is 10.7 Å². The zero-order valence-electron chi connectivity index (χ0n) is 6.95. The number of nitriles is 1. The zero-order valence-corrected chi connectivity index (χ0v) is 7.71. The molecule has 0 N–H and O–H groups in total. The molecular weight excluding hydrogens is 186 g/mol. The molecule has 0 unspecified atom stereocenters. The predicted octanol–water partition coefficient (Wildman–Crippen LogP) is 2.10. The fourth-order valence-electron chi connectivity index (χ4n) is 1.38. The van der Waals surface area contributed by atoms with Crippen LogP contribution in [-0.2, 0) is 7.05 Å². The van der Waals surface area contributed by atoms with Crippen molar-refractivity contribution in [1.29, 1.82) is 5.26 Å². The molecule has 2 rings (SSSR count). The summed E-state index contributed by atoms with van der Waals surface area (Å²) in [5.74, 6) is 0. The van der Waals surface area contributed by atoms with Crippen LogP contribution in [0.25, 0.3) is 10.9 Å². The number of halogens is 1. The van der Waals surface area contributed by atoms with Gasteiger partial charge in [-0.25, -0.2) is 0 Å². The number of aryl methyl sites for hydroxylation is 1. The van der Waals surface area contributed by atoms with Crippen LogP contribution in [0, 0.1) is 11.3 Å². The molecule has 0 saturated heterocycles. The second-order valence-electron chi connectivity index (χ2n) is 2.73. The first kappa shape index (κ1) is 8.09. The summed E-state index contributed by atoms with van der Waals surface area (Å²) in [7, 11) is 1.77. The molecule has 0 atom stereocenters. The van der Waals surface area contributed by atoms with E-state index in [1.54, 1.807) is 23.9 Å². The summed E-state index contributed by atoms with van der Waals surface area (Å²) in [4.78, 5) is 0. The van der Waals surface area contributed by atoms with Gasteiger partial charge < -0.3 is 0 Å². The normalized spacial score (nSPS) is 10.2. The van der Waals surface area contributed by atoms with Crippen molar-refractivity contribution in [3.8, 4) is 6.07 Å². The van der Waals surface area contributed by atoms with E-state index < -0.39 is 0 Å². The molecule has 0 bridgehead atoms. The first-order valence-corrected chi connectivity index (χ1v) is 4.13. The van der Waals surface area contributed by atoms with Crippen LogP contribution in [0.15, 0.2) is 18.2 Å². The second-order valence-corrected chi connectivity index (χ2v) is 3.09. The SMILES string of the molecule is Cn1nc(Cl)c2cccc(C#N)c21. The molecule has 0 aliphatic heterocycles. The van der Waals surface area contributed by atoms with Crippen LogP contribution in [0.1, 0.15) is 5.56 Å². The lowest BCUT2D eigenvalue weighted by Gasteiger charge is -1.94. The van der Waals surface area contributed by atoms with Crippen LogP contribution in [0.4, 0.5) is 0 Å². The van der Waals surface area contributed by atoms with Crippen LogP contribution >= 0.6 is 11.6 Å². The fraction of sp³-hybridized carbons (Fsp3) is 0.111. The number of hydrogen-bond donors (Lipinski definition) is 0. The van der Waals surface area contributed by atoms with E-state index in [2.05, 4.69) is 11.2 Å². The van der Waals surface area contributed by atoms with Gasteiger partial charge in [0.15, 0.2) is 5.15 Å². The molecule has 2 aromatic rings. The van der Waals surface area contributed by atoms with Crippen molar-refractivity contribution in [2.24, 2.45) is 7.05 Å². The Morgan fingerprint density at radius 1 is 1.54 bits per heavy atom. The van der Waals surface area contributed by atoms with Gasteiger partial charge in [-0.3, -0.25) is 4.68 Å². The highest BCUT2D eigenvalue weighted by Gasteiger charge is 2.09. The summed E-state index contributed by atoms with van der Waals surface area (Å²) in [6.45, 7) is 0. The molecule has 4 heteroatoms. The zero-order chi connectivity index (χ0) is 9.42. The van der Waals surface area contributed by atoms with E-state index in [9.17, 15) is 0 Å². The van der Waals surface area contributed by atoms with Gasteiger partial charge in [0.1, 0.15) is 6.07 Å². The Kier molecular flexibility index (Phi) is 1.71. The molecule has 1 aromatic heterocycles. The molecule has 0 radical (unpaired) electrons. The van der Waals surface area contributed by atoms with Gasteiger partial charge in [0.25, 0.3) is 0 Å². The minimum Gasteiger partial charge on any atom is -0.265 e. The number of nitrogens with zero attached hydrogens (tertiary/aromatic N) is 3. The van der Waals surface area contributed by atoms with Crippen molar-refractivity contribution >= 4 is 22.5 Å². The van der Waals surface area contributed by atoms with Crippen LogP contribution in [0.2, 0.25) is 5.15 Å². The highest BCUT2D eigenvalue weighted by Crippen LogP contribution is 2.24. The van der Waals surface area contributed by atoms with Gasteiger partial charge in [-0.05, 0) is 12.1 Å². The van der Waals surface area contributed by atoms with E-state index in [1.165, 1.54) is 0 Å². The number of fused-ring (bicyclic) bond motifs is 1. The third kappa shape index (κ3) is 1.07. The van der Waals surface area contributed by atoms with Crippen molar-refractivity contribution in [2.75, 3.05) is 0 Å². The van der Waals surface area contributed by atoms with Crippen molar-refractivity contribution in [3.63, 3.8) is 0 Å². The maximum Gasteiger partial charge on any atom is 0.158 e. The predicted molar refractivity (Wildman–Crippen MR) is 50.4 cm³/mol. The quantitative estimate of drug-likeness (QED) is 0.640. The highest BCUT2D eigenvalue weighted by molar-refractivity contribution is 6.34. The number of aromatic nitrogens is 2. The highest BCUT2D eigenvalue weighted by atomic mass is 35.5. The smallest absolute Gasteiger partial charge is 0.158 e. The maximum atomic E-state index is 8.84. The van der Waals surface area contributed by atoms with Crippen LogP contribution in [0.5, 0.6) is 0 Å². The molecule has 3 nitrogen and oxygen atoms in total. The third-order valence-corrected chi connectivity index (χ3v) is 2.22. The van der Waals surface area contributed by atoms with Crippen molar-refractivity contribution in [2.45, 2.75) is 0 Å². The summed E-state index contributed by atoms with van der Waals surface area (Å²) in [5, 5.41) is 14.1. The van der Waals surface area contributed by atoms with Crippen LogP contribution in [-0.4, -0.2) is 9.78 Å². The Morgan fingerprint density at radius 3 is 3.00 bits per heavy atom. The minimum atomic E-state index is 0.439. The largest absolute Gasteiger partial charge is 0.265 e. The summed E-state index contributed by atoms with van der Waals surface area (Å²) >= 11 is 5.87. The third-order valence-electron chi connectivity index (χ3n) is 1.94. The average Bonchev–Trinajstić information content (AvgIpc) is 2.43. The van der Waals surface area contributed by atoms with E-state index in [0.717, 1.165) is 10.9 Å². The van der Waals surface area contributed by atoms with E-state index in [-0.39, 0.29) is 0 Å². The summed E-state index contributed by atoms with van der Waals surface area (Å²) in [6, 6.07) is 7.51. The van der Waals surface area contributed by atoms with Gasteiger partial charge >= 0.3 is 0 Å². The lowest BCUT2D eigenvalue weighted by molar-refractivity contribution is 0.796. The number of hydrogen-bond acceptors (Lipinski definition) is 2. The Bertz CT molecular complexity index is 507. The van der Waals surface area contributed by atoms with Crippen LogP contribution in [0.3, 0.4) is 0 Å². The molecule has 0 aliphatic carbocycles. The molecule has 0 amide bonds. The first-order valence-electron chi connectivity index (χ1n) is 3.75. The standard InChI is InChI=1S/C9H6ClN3/c1-13-8-6(5-11)3-2-4-7(8)9(10)12-13/h2-4H,1H3. The number of rotatable bonds is 0. The lowest BCUT2D eigenvalue weighted by atomic mass is 10.2. The molecular formula is C9H6ClN3. The second kappa shape index (κ2) is 2.75. The van der Waals surface area contributed by atoms with Gasteiger partial charge in [0.2, 0.25) is 0 Å². The summed E-state index contributed by atoms with van der Waals surface area (Å²) < 4.78 is 1.62. The Labute approximate surface area is 80.1 Å². The Morgan fingerprint density at radius 2 is 2.31 bits per heavy atom.